The van der Waals surface area contributed by atoms with Crippen LogP contribution < -0.4 is 10.5 Å². The summed E-state index contributed by atoms with van der Waals surface area (Å²) in [5, 5.41) is 0. The summed E-state index contributed by atoms with van der Waals surface area (Å²) < 4.78 is 39.1. The molecule has 1 aromatic carbocycles. The largest absolute Gasteiger partial charge is 0.573 e. The molecule has 0 aliphatic heterocycles. The van der Waals surface area contributed by atoms with E-state index in [1.165, 1.54) is 13.0 Å². The number of nitrogens with two attached hydrogens (primary N) is 1. The van der Waals surface area contributed by atoms with Crippen molar-refractivity contribution in [3.63, 3.8) is 0 Å². The minimum absolute atomic E-state index is 0. The summed E-state index contributed by atoms with van der Waals surface area (Å²) in [7, 11) is 0. The zero-order valence-electron chi connectivity index (χ0n) is 8.17. The van der Waals surface area contributed by atoms with Crippen LogP contribution in [0.1, 0.15) is 15.9 Å². The van der Waals surface area contributed by atoms with Gasteiger partial charge in [-0.1, -0.05) is 0 Å². The lowest BCUT2D eigenvalue weighted by Crippen LogP contribution is -2.18. The monoisotopic (exact) mass is 255 g/mol. The molecule has 1 amide bonds. The molecule has 0 heterocycles. The first-order valence-electron chi connectivity index (χ1n) is 3.96. The molecule has 0 aliphatic rings. The molecular weight excluding hydrogens is 247 g/mol. The molecule has 1 rings (SSSR count). The summed E-state index contributed by atoms with van der Waals surface area (Å²) in [6.45, 7) is 1.48. The molecule has 0 bridgehead atoms. The Bertz CT molecular complexity index is 393. The van der Waals surface area contributed by atoms with Crippen molar-refractivity contribution in [3.05, 3.63) is 29.3 Å². The van der Waals surface area contributed by atoms with Crippen LogP contribution in [0.2, 0.25) is 0 Å². The van der Waals surface area contributed by atoms with Crippen molar-refractivity contribution in [2.24, 2.45) is 5.73 Å². The highest BCUT2D eigenvalue weighted by atomic mass is 35.5. The summed E-state index contributed by atoms with van der Waals surface area (Å²) in [5.41, 5.74) is 5.50. The van der Waals surface area contributed by atoms with Crippen molar-refractivity contribution in [1.29, 1.82) is 0 Å². The number of carbonyl (C=O) groups is 1. The maximum Gasteiger partial charge on any atom is 0.573 e. The van der Waals surface area contributed by atoms with E-state index in [-0.39, 0.29) is 23.7 Å². The lowest BCUT2D eigenvalue weighted by atomic mass is 10.1. The second-order valence-electron chi connectivity index (χ2n) is 2.89. The van der Waals surface area contributed by atoms with Crippen LogP contribution in [0.25, 0.3) is 0 Å². The van der Waals surface area contributed by atoms with Crippen LogP contribution >= 0.6 is 12.4 Å². The number of amides is 1. The summed E-state index contributed by atoms with van der Waals surface area (Å²) >= 11 is 0. The van der Waals surface area contributed by atoms with Gasteiger partial charge >= 0.3 is 6.36 Å². The number of hydrogen-bond donors (Lipinski definition) is 1. The molecule has 7 heteroatoms. The van der Waals surface area contributed by atoms with E-state index >= 15 is 0 Å². The molecule has 0 unspecified atom stereocenters. The van der Waals surface area contributed by atoms with E-state index in [0.29, 0.717) is 5.56 Å². The van der Waals surface area contributed by atoms with Crippen molar-refractivity contribution < 1.29 is 22.7 Å². The Morgan fingerprint density at radius 3 is 2.31 bits per heavy atom. The van der Waals surface area contributed by atoms with Gasteiger partial charge < -0.3 is 10.5 Å². The summed E-state index contributed by atoms with van der Waals surface area (Å²) in [6, 6.07) is 3.34. The van der Waals surface area contributed by atoms with Gasteiger partial charge in [-0.3, -0.25) is 4.79 Å². The van der Waals surface area contributed by atoms with Crippen molar-refractivity contribution in [1.82, 2.24) is 0 Å². The van der Waals surface area contributed by atoms with E-state index in [9.17, 15) is 18.0 Å². The van der Waals surface area contributed by atoms with E-state index < -0.39 is 12.3 Å². The molecule has 0 fully saturated rings. The van der Waals surface area contributed by atoms with Crippen molar-refractivity contribution in [2.45, 2.75) is 13.3 Å². The van der Waals surface area contributed by atoms with Gasteiger partial charge in [0.15, 0.2) is 0 Å². The third-order valence-electron chi connectivity index (χ3n) is 1.70. The minimum Gasteiger partial charge on any atom is -0.406 e. The first kappa shape index (κ1) is 14.6. The second-order valence-corrected chi connectivity index (χ2v) is 2.89. The molecule has 0 saturated carbocycles. The van der Waals surface area contributed by atoms with Gasteiger partial charge in [0.25, 0.3) is 0 Å². The van der Waals surface area contributed by atoms with Gasteiger partial charge in [0, 0.05) is 5.56 Å². The number of primary amides is 1. The van der Waals surface area contributed by atoms with Gasteiger partial charge in [-0.05, 0) is 30.7 Å². The van der Waals surface area contributed by atoms with E-state index in [4.69, 9.17) is 5.73 Å². The number of rotatable bonds is 2. The number of ether oxygens (including phenoxy) is 1. The first-order valence-corrected chi connectivity index (χ1v) is 3.96. The lowest BCUT2D eigenvalue weighted by molar-refractivity contribution is -0.274. The topological polar surface area (TPSA) is 52.3 Å². The number of carbonyl (C=O) groups excluding carboxylic acids is 1. The maximum absolute atomic E-state index is 11.8. The molecule has 0 spiro atoms. The molecule has 0 radical (unpaired) electrons. The van der Waals surface area contributed by atoms with Crippen molar-refractivity contribution in [2.75, 3.05) is 0 Å². The molecule has 0 aromatic heterocycles. The lowest BCUT2D eigenvalue weighted by Gasteiger charge is -2.10. The fraction of sp³-hybridized carbons (Fsp3) is 0.222. The second kappa shape index (κ2) is 5.07. The molecular formula is C9H9ClF3NO2. The van der Waals surface area contributed by atoms with Crippen LogP contribution in [-0.4, -0.2) is 12.3 Å². The van der Waals surface area contributed by atoms with Crippen LogP contribution in [0.4, 0.5) is 13.2 Å². The van der Waals surface area contributed by atoms with E-state index in [2.05, 4.69) is 4.74 Å². The molecule has 0 saturated heterocycles. The third-order valence-corrected chi connectivity index (χ3v) is 1.70. The zero-order valence-corrected chi connectivity index (χ0v) is 8.98. The molecule has 1 aromatic rings. The molecule has 3 nitrogen and oxygen atoms in total. The van der Waals surface area contributed by atoms with Crippen LogP contribution in [0.5, 0.6) is 5.75 Å². The van der Waals surface area contributed by atoms with Gasteiger partial charge in [-0.25, -0.2) is 0 Å². The molecule has 2 N–H and O–H groups in total. The Morgan fingerprint density at radius 2 is 1.94 bits per heavy atom. The zero-order chi connectivity index (χ0) is 11.6. The van der Waals surface area contributed by atoms with Crippen molar-refractivity contribution in [3.8, 4) is 5.75 Å². The summed E-state index contributed by atoms with van der Waals surface area (Å²) in [5.74, 6) is -1.06. The van der Waals surface area contributed by atoms with Gasteiger partial charge in [0.1, 0.15) is 5.75 Å². The highest BCUT2D eigenvalue weighted by molar-refractivity contribution is 5.94. The van der Waals surface area contributed by atoms with E-state index in [1.54, 1.807) is 0 Å². The number of alkyl halides is 3. The quantitative estimate of drug-likeness (QED) is 0.882. The predicted octanol–water partition coefficient (Wildman–Crippen LogP) is 2.41. The molecule has 90 valence electrons. The van der Waals surface area contributed by atoms with Crippen LogP contribution in [-0.2, 0) is 0 Å². The Morgan fingerprint density at radius 1 is 1.38 bits per heavy atom. The molecule has 0 atom stereocenters. The number of aryl methyl sites for hydroxylation is 1. The summed E-state index contributed by atoms with van der Waals surface area (Å²) in [6.07, 6.45) is -4.74. The smallest absolute Gasteiger partial charge is 0.406 e. The fourth-order valence-corrected chi connectivity index (χ4v) is 1.11. The Hall–Kier alpha value is -1.43. The third kappa shape index (κ3) is 3.98. The maximum atomic E-state index is 11.8. The highest BCUT2D eigenvalue weighted by Crippen LogP contribution is 2.24. The first-order chi connectivity index (χ1) is 6.79. The SMILES string of the molecule is Cc1cc(OC(F)(F)F)ccc1C(N)=O.Cl. The van der Waals surface area contributed by atoms with Gasteiger partial charge in [0.05, 0.1) is 0 Å². The normalized spacial score (nSPS) is 10.5. The van der Waals surface area contributed by atoms with E-state index in [0.717, 1.165) is 12.1 Å². The van der Waals surface area contributed by atoms with Crippen molar-refractivity contribution >= 4 is 18.3 Å². The fourth-order valence-electron chi connectivity index (χ4n) is 1.11. The van der Waals surface area contributed by atoms with Gasteiger partial charge in [-0.2, -0.15) is 0 Å². The van der Waals surface area contributed by atoms with E-state index in [1.807, 2.05) is 0 Å². The van der Waals surface area contributed by atoms with Gasteiger partial charge in [-0.15, -0.1) is 25.6 Å². The average molecular weight is 256 g/mol. The Balaban J connectivity index is 0.00000225. The minimum atomic E-state index is -4.74. The average Bonchev–Trinajstić information content (AvgIpc) is 1.99. The number of halogens is 4. The Labute approximate surface area is 95.8 Å². The van der Waals surface area contributed by atoms with Crippen LogP contribution in [0, 0.1) is 6.92 Å². The Kier molecular flexibility index (Phi) is 4.61. The highest BCUT2D eigenvalue weighted by Gasteiger charge is 2.31. The molecule has 16 heavy (non-hydrogen) atoms. The summed E-state index contributed by atoms with van der Waals surface area (Å²) in [4.78, 5) is 10.8. The number of benzene rings is 1. The number of hydrogen-bond acceptors (Lipinski definition) is 2. The van der Waals surface area contributed by atoms with Gasteiger partial charge in [0.2, 0.25) is 5.91 Å². The van der Waals surface area contributed by atoms with Crippen LogP contribution in [0.15, 0.2) is 18.2 Å². The standard InChI is InChI=1S/C9H8F3NO2.ClH/c1-5-4-6(15-9(10,11)12)2-3-7(5)8(13)14;/h2-4H,1H3,(H2,13,14);1H. The predicted molar refractivity (Wildman–Crippen MR) is 53.6 cm³/mol. The molecule has 0 aliphatic carbocycles. The van der Waals surface area contributed by atoms with Crippen LogP contribution in [0.3, 0.4) is 0 Å².